The summed E-state index contributed by atoms with van der Waals surface area (Å²) >= 11 is 0. The van der Waals surface area contributed by atoms with Crippen LogP contribution in [-0.2, 0) is 19.5 Å². The minimum Gasteiger partial charge on any atom is -0.493 e. The van der Waals surface area contributed by atoms with Crippen LogP contribution in [0.4, 0.5) is 0 Å². The molecule has 1 aromatic carbocycles. The highest BCUT2D eigenvalue weighted by molar-refractivity contribution is 5.86. The molecule has 10 heteroatoms. The van der Waals surface area contributed by atoms with Crippen molar-refractivity contribution in [2.75, 3.05) is 40.3 Å². The summed E-state index contributed by atoms with van der Waals surface area (Å²) in [5.41, 5.74) is 3.14. The van der Waals surface area contributed by atoms with Gasteiger partial charge in [0.2, 0.25) is 0 Å². The first kappa shape index (κ1) is 31.7. The molecule has 2 fully saturated rings. The van der Waals surface area contributed by atoms with Gasteiger partial charge in [0.15, 0.2) is 5.58 Å². The van der Waals surface area contributed by atoms with Crippen LogP contribution in [0, 0.1) is 11.8 Å². The summed E-state index contributed by atoms with van der Waals surface area (Å²) in [5, 5.41) is 9.97. The molecule has 3 heterocycles. The minimum absolute atomic E-state index is 0. The van der Waals surface area contributed by atoms with E-state index in [0.717, 1.165) is 65.9 Å². The predicted molar refractivity (Wildman–Crippen MR) is 156 cm³/mol. The Hall–Kier alpha value is -1.51. The molecule has 1 saturated carbocycles. The molecule has 1 aliphatic heterocycles. The number of hydrogen-bond acceptors (Lipinski definition) is 6. The van der Waals surface area contributed by atoms with Gasteiger partial charge in [0.05, 0.1) is 17.9 Å². The second kappa shape index (κ2) is 15.2. The maximum atomic E-state index is 6.17. The van der Waals surface area contributed by atoms with Crippen LogP contribution >= 0.6 is 37.2 Å². The molecule has 208 valence electrons. The van der Waals surface area contributed by atoms with Gasteiger partial charge in [-0.25, -0.2) is 0 Å². The molecular formula is C27H42Cl3N5O2. The topological polar surface area (TPSA) is 59.6 Å². The summed E-state index contributed by atoms with van der Waals surface area (Å²) in [6.07, 6.45) is 12.4. The highest BCUT2D eigenvalue weighted by Crippen LogP contribution is 2.35. The Morgan fingerprint density at radius 1 is 1.03 bits per heavy atom. The molecule has 7 nitrogen and oxygen atoms in total. The van der Waals surface area contributed by atoms with E-state index in [0.29, 0.717) is 0 Å². The molecule has 1 saturated heterocycles. The largest absolute Gasteiger partial charge is 0.493 e. The van der Waals surface area contributed by atoms with Gasteiger partial charge in [-0.05, 0) is 109 Å². The molecule has 1 aliphatic carbocycles. The summed E-state index contributed by atoms with van der Waals surface area (Å²) in [7, 11) is 4.18. The third-order valence-corrected chi connectivity index (χ3v) is 7.34. The van der Waals surface area contributed by atoms with Gasteiger partial charge < -0.3 is 19.1 Å². The number of likely N-dealkylation sites (tertiary alicyclic amines) is 1. The average Bonchev–Trinajstić information content (AvgIpc) is 3.34. The molecule has 0 unspecified atom stereocenters. The third-order valence-electron chi connectivity index (χ3n) is 7.34. The highest BCUT2D eigenvalue weighted by Gasteiger charge is 2.24. The molecule has 0 N–H and O–H groups in total. The molecule has 37 heavy (non-hydrogen) atoms. The fraction of sp³-hybridized carbons (Fsp3) is 0.630. The highest BCUT2D eigenvalue weighted by atomic mass is 35.5. The fourth-order valence-corrected chi connectivity index (χ4v) is 5.09. The second-order valence-corrected chi connectivity index (χ2v) is 10.5. The minimum atomic E-state index is 0. The average molecular weight is 575 g/mol. The number of aryl methyl sites for hydroxylation is 2. The van der Waals surface area contributed by atoms with Gasteiger partial charge in [-0.15, -0.1) is 37.2 Å². The van der Waals surface area contributed by atoms with E-state index in [2.05, 4.69) is 46.3 Å². The number of hydrogen-bond donors (Lipinski definition) is 0. The Balaban J connectivity index is 0.00000160. The molecule has 0 radical (unpaired) electrons. The molecule has 0 amide bonds. The lowest BCUT2D eigenvalue weighted by molar-refractivity contribution is 0.174. The van der Waals surface area contributed by atoms with Crippen molar-refractivity contribution in [1.82, 2.24) is 24.7 Å². The summed E-state index contributed by atoms with van der Waals surface area (Å²) < 4.78 is 14.1. The summed E-state index contributed by atoms with van der Waals surface area (Å²) in [6, 6.07) is 6.28. The molecule has 5 rings (SSSR count). The Morgan fingerprint density at radius 2 is 1.81 bits per heavy atom. The summed E-state index contributed by atoms with van der Waals surface area (Å²) in [5.74, 6) is 2.46. The Kier molecular flexibility index (Phi) is 13.0. The Morgan fingerprint density at radius 3 is 2.49 bits per heavy atom. The van der Waals surface area contributed by atoms with E-state index in [1.807, 2.05) is 23.1 Å². The molecule has 2 aliphatic rings. The zero-order valence-corrected chi connectivity index (χ0v) is 24.5. The second-order valence-electron chi connectivity index (χ2n) is 10.5. The molecule has 2 aromatic heterocycles. The van der Waals surface area contributed by atoms with Crippen molar-refractivity contribution in [3.8, 4) is 5.75 Å². The normalized spacial score (nSPS) is 16.3. The lowest BCUT2D eigenvalue weighted by atomic mass is 9.91. The van der Waals surface area contributed by atoms with Crippen LogP contribution in [0.25, 0.3) is 11.0 Å². The van der Waals surface area contributed by atoms with Crippen LogP contribution in [0.2, 0.25) is 0 Å². The van der Waals surface area contributed by atoms with E-state index in [9.17, 15) is 0 Å². The van der Waals surface area contributed by atoms with Crippen molar-refractivity contribution in [3.63, 3.8) is 0 Å². The zero-order valence-electron chi connectivity index (χ0n) is 22.0. The van der Waals surface area contributed by atoms with Crippen molar-refractivity contribution in [1.29, 1.82) is 0 Å². The fourth-order valence-electron chi connectivity index (χ4n) is 5.09. The number of piperidine rings is 1. The molecule has 3 aromatic rings. The van der Waals surface area contributed by atoms with Crippen LogP contribution in [0.3, 0.4) is 0 Å². The third kappa shape index (κ3) is 8.75. The zero-order chi connectivity index (χ0) is 23.3. The number of benzene rings is 1. The lowest BCUT2D eigenvalue weighted by Gasteiger charge is -2.31. The van der Waals surface area contributed by atoms with Gasteiger partial charge in [0.1, 0.15) is 5.75 Å². The first-order valence-corrected chi connectivity index (χ1v) is 13.0. The first-order valence-electron chi connectivity index (χ1n) is 13.0. The van der Waals surface area contributed by atoms with Crippen molar-refractivity contribution >= 4 is 48.2 Å². The maximum Gasteiger partial charge on any atom is 0.175 e. The standard InChI is InChI=1S/C27H39N5O2.3ClH/c1-30(2)19-24-26(33-20-22-5-6-22)10-8-23-25(29-34-27(23)24)9-7-21-11-17-31(18-12-21)14-4-16-32-15-3-13-28-32;;;/h3,8,10,13,15,21-22H,4-7,9,11-12,14,16-20H2,1-2H3;3*1H. The van der Waals surface area contributed by atoms with Crippen LogP contribution in [0.1, 0.15) is 49.8 Å². The Bertz CT molecular complexity index is 1050. The summed E-state index contributed by atoms with van der Waals surface area (Å²) in [4.78, 5) is 4.78. The maximum absolute atomic E-state index is 6.17. The van der Waals surface area contributed by atoms with Gasteiger partial charge in [-0.1, -0.05) is 5.16 Å². The Labute approximate surface area is 239 Å². The van der Waals surface area contributed by atoms with Crippen LogP contribution < -0.4 is 4.74 Å². The molecule has 0 spiro atoms. The monoisotopic (exact) mass is 573 g/mol. The van der Waals surface area contributed by atoms with E-state index < -0.39 is 0 Å². The van der Waals surface area contributed by atoms with E-state index in [1.54, 1.807) is 0 Å². The number of aromatic nitrogens is 3. The number of ether oxygens (including phenoxy) is 1. The van der Waals surface area contributed by atoms with Crippen LogP contribution in [-0.4, -0.2) is 65.1 Å². The van der Waals surface area contributed by atoms with E-state index in [4.69, 9.17) is 9.26 Å². The molecule has 0 atom stereocenters. The molecule has 0 bridgehead atoms. The lowest BCUT2D eigenvalue weighted by Crippen LogP contribution is -2.34. The number of fused-ring (bicyclic) bond motifs is 1. The number of halogens is 3. The number of rotatable bonds is 12. The van der Waals surface area contributed by atoms with E-state index in [1.165, 1.54) is 58.2 Å². The van der Waals surface area contributed by atoms with Gasteiger partial charge in [0.25, 0.3) is 0 Å². The van der Waals surface area contributed by atoms with Crippen LogP contribution in [0.15, 0.2) is 35.1 Å². The van der Waals surface area contributed by atoms with E-state index >= 15 is 0 Å². The van der Waals surface area contributed by atoms with Crippen molar-refractivity contribution in [3.05, 3.63) is 41.9 Å². The van der Waals surface area contributed by atoms with E-state index in [-0.39, 0.29) is 37.2 Å². The van der Waals surface area contributed by atoms with Crippen molar-refractivity contribution in [2.24, 2.45) is 11.8 Å². The molecular weight excluding hydrogens is 533 g/mol. The first-order chi connectivity index (χ1) is 16.7. The van der Waals surface area contributed by atoms with Gasteiger partial charge in [-0.2, -0.15) is 5.10 Å². The summed E-state index contributed by atoms with van der Waals surface area (Å²) in [6.45, 7) is 6.20. The SMILES string of the molecule is CN(C)Cc1c(OCC2CC2)ccc2c(CCC3CCN(CCCn4cccn4)CC3)noc12.Cl.Cl.Cl. The van der Waals surface area contributed by atoms with Crippen molar-refractivity contribution in [2.45, 2.75) is 58.0 Å². The van der Waals surface area contributed by atoms with Gasteiger partial charge in [-0.3, -0.25) is 4.68 Å². The van der Waals surface area contributed by atoms with Crippen LogP contribution in [0.5, 0.6) is 5.75 Å². The number of nitrogens with zero attached hydrogens (tertiary/aromatic N) is 5. The smallest absolute Gasteiger partial charge is 0.175 e. The van der Waals surface area contributed by atoms with Gasteiger partial charge >= 0.3 is 0 Å². The quantitative estimate of drug-likeness (QED) is 0.269. The van der Waals surface area contributed by atoms with Crippen molar-refractivity contribution < 1.29 is 9.26 Å². The van der Waals surface area contributed by atoms with Gasteiger partial charge in [0, 0.05) is 30.9 Å². The predicted octanol–water partition coefficient (Wildman–Crippen LogP) is 5.88.